The van der Waals surface area contributed by atoms with Gasteiger partial charge in [-0.2, -0.15) is 4.31 Å². The lowest BCUT2D eigenvalue weighted by Crippen LogP contribution is -2.49. The maximum absolute atomic E-state index is 13.5. The van der Waals surface area contributed by atoms with Crippen LogP contribution in [-0.2, 0) is 14.8 Å². The fourth-order valence-electron chi connectivity index (χ4n) is 5.17. The minimum atomic E-state index is -3.63. The summed E-state index contributed by atoms with van der Waals surface area (Å²) in [7, 11) is -3.63. The smallest absolute Gasteiger partial charge is 0.243 e. The van der Waals surface area contributed by atoms with Crippen LogP contribution in [0.25, 0.3) is 5.65 Å². The number of hydrogen-bond donors (Lipinski definition) is 0. The fraction of sp³-hybridized carbons (Fsp3) is 0.480. The first-order chi connectivity index (χ1) is 16.3. The third-order valence-electron chi connectivity index (χ3n) is 7.29. The van der Waals surface area contributed by atoms with Crippen LogP contribution in [0.15, 0.2) is 47.5 Å². The highest BCUT2D eigenvalue weighted by Gasteiger charge is 2.37. The van der Waals surface area contributed by atoms with Crippen LogP contribution in [0.1, 0.15) is 48.6 Å². The number of amides is 1. The molecule has 0 saturated carbocycles. The standard InChI is InChI=1S/C25H31N5O3S/c1-18-10-11-22(15-19(18)2)34(32,33)29-13-6-8-21(17-29)25(31)28-12-5-7-20(16-28)24-27-26-23-9-3-4-14-30(23)24/h3-4,9-11,14-15,20-21H,5-8,12-13,16-17H2,1-2H3/t20-,21-/m0/s1. The summed E-state index contributed by atoms with van der Waals surface area (Å²) in [5, 5.41) is 8.67. The van der Waals surface area contributed by atoms with E-state index in [1.165, 1.54) is 4.31 Å². The summed E-state index contributed by atoms with van der Waals surface area (Å²) in [6.45, 7) is 5.87. The molecule has 2 aliphatic rings. The van der Waals surface area contributed by atoms with Crippen LogP contribution in [0.5, 0.6) is 0 Å². The van der Waals surface area contributed by atoms with Crippen molar-refractivity contribution in [1.29, 1.82) is 0 Å². The lowest BCUT2D eigenvalue weighted by molar-refractivity contribution is -0.138. The number of pyridine rings is 1. The van der Waals surface area contributed by atoms with Gasteiger partial charge in [0.2, 0.25) is 15.9 Å². The Balaban J connectivity index is 1.31. The molecule has 0 aliphatic carbocycles. The number of fused-ring (bicyclic) bond motifs is 1. The zero-order valence-corrected chi connectivity index (χ0v) is 20.5. The van der Waals surface area contributed by atoms with Crippen LogP contribution >= 0.6 is 0 Å². The lowest BCUT2D eigenvalue weighted by atomic mass is 9.93. The molecule has 0 bridgehead atoms. The average Bonchev–Trinajstić information content (AvgIpc) is 3.29. The van der Waals surface area contributed by atoms with Crippen molar-refractivity contribution in [2.24, 2.45) is 5.92 Å². The highest BCUT2D eigenvalue weighted by Crippen LogP contribution is 2.30. The molecular formula is C25H31N5O3S. The van der Waals surface area contributed by atoms with Gasteiger partial charge in [-0.3, -0.25) is 9.20 Å². The summed E-state index contributed by atoms with van der Waals surface area (Å²) in [4.78, 5) is 15.7. The second-order valence-corrected chi connectivity index (χ2v) is 11.5. The number of carbonyl (C=O) groups is 1. The Bertz CT molecular complexity index is 1320. The number of rotatable bonds is 4. The monoisotopic (exact) mass is 481 g/mol. The fourth-order valence-corrected chi connectivity index (χ4v) is 6.78. The zero-order chi connectivity index (χ0) is 23.9. The summed E-state index contributed by atoms with van der Waals surface area (Å²) in [5.41, 5.74) is 2.82. The van der Waals surface area contributed by atoms with E-state index in [4.69, 9.17) is 0 Å². The summed E-state index contributed by atoms with van der Waals surface area (Å²) in [5.74, 6) is 0.743. The van der Waals surface area contributed by atoms with Gasteiger partial charge in [0, 0.05) is 38.3 Å². The van der Waals surface area contributed by atoms with Crippen LogP contribution in [0.3, 0.4) is 0 Å². The highest BCUT2D eigenvalue weighted by atomic mass is 32.2. The quantitative estimate of drug-likeness (QED) is 0.571. The van der Waals surface area contributed by atoms with Crippen molar-refractivity contribution in [2.75, 3.05) is 26.2 Å². The molecule has 5 rings (SSSR count). The van der Waals surface area contributed by atoms with E-state index in [2.05, 4.69) is 10.2 Å². The van der Waals surface area contributed by atoms with E-state index in [1.807, 2.05) is 53.6 Å². The molecule has 3 aromatic rings. The molecule has 2 saturated heterocycles. The molecule has 4 heterocycles. The van der Waals surface area contributed by atoms with Crippen LogP contribution in [0.2, 0.25) is 0 Å². The third kappa shape index (κ3) is 4.22. The number of piperidine rings is 2. The van der Waals surface area contributed by atoms with Gasteiger partial charge >= 0.3 is 0 Å². The number of benzene rings is 1. The molecule has 0 radical (unpaired) electrons. The number of carbonyl (C=O) groups excluding carboxylic acids is 1. The van der Waals surface area contributed by atoms with E-state index in [9.17, 15) is 13.2 Å². The molecule has 0 spiro atoms. The van der Waals surface area contributed by atoms with Gasteiger partial charge in [-0.15, -0.1) is 10.2 Å². The first-order valence-corrected chi connectivity index (χ1v) is 13.4. The van der Waals surface area contributed by atoms with E-state index in [1.54, 1.807) is 12.1 Å². The molecule has 180 valence electrons. The lowest BCUT2D eigenvalue weighted by Gasteiger charge is -2.37. The van der Waals surface area contributed by atoms with E-state index < -0.39 is 10.0 Å². The van der Waals surface area contributed by atoms with Crippen molar-refractivity contribution < 1.29 is 13.2 Å². The van der Waals surface area contributed by atoms with Crippen molar-refractivity contribution in [2.45, 2.75) is 50.3 Å². The molecule has 34 heavy (non-hydrogen) atoms. The van der Waals surface area contributed by atoms with Crippen LogP contribution < -0.4 is 0 Å². The Hall–Kier alpha value is -2.78. The Kier molecular flexibility index (Phi) is 6.16. The number of hydrogen-bond acceptors (Lipinski definition) is 5. The maximum Gasteiger partial charge on any atom is 0.243 e. The number of aromatic nitrogens is 3. The molecule has 8 nitrogen and oxygen atoms in total. The summed E-state index contributed by atoms with van der Waals surface area (Å²) < 4.78 is 30.1. The molecule has 2 fully saturated rings. The van der Waals surface area contributed by atoms with E-state index in [0.29, 0.717) is 37.4 Å². The van der Waals surface area contributed by atoms with Crippen molar-refractivity contribution in [3.05, 3.63) is 59.5 Å². The molecule has 9 heteroatoms. The number of sulfonamides is 1. The van der Waals surface area contributed by atoms with E-state index in [0.717, 1.165) is 35.4 Å². The average molecular weight is 482 g/mol. The molecule has 2 aliphatic heterocycles. The normalized spacial score (nSPS) is 22.2. The summed E-state index contributed by atoms with van der Waals surface area (Å²) in [6.07, 6.45) is 5.22. The number of aryl methyl sites for hydroxylation is 2. The summed E-state index contributed by atoms with van der Waals surface area (Å²) >= 11 is 0. The Morgan fingerprint density at radius 2 is 1.79 bits per heavy atom. The molecule has 0 N–H and O–H groups in total. The predicted octanol–water partition coefficient (Wildman–Crippen LogP) is 3.15. The van der Waals surface area contributed by atoms with E-state index >= 15 is 0 Å². The SMILES string of the molecule is Cc1ccc(S(=O)(=O)N2CCC[C@H](C(=O)N3CCC[C@H](c4nnc5ccccn45)C3)C2)cc1C. The second-order valence-electron chi connectivity index (χ2n) is 9.56. The van der Waals surface area contributed by atoms with Crippen molar-refractivity contribution in [3.8, 4) is 0 Å². The minimum absolute atomic E-state index is 0.0542. The van der Waals surface area contributed by atoms with Gasteiger partial charge in [-0.1, -0.05) is 12.1 Å². The van der Waals surface area contributed by atoms with Gasteiger partial charge in [0.15, 0.2) is 5.65 Å². The molecule has 2 atom stereocenters. The molecule has 0 unspecified atom stereocenters. The van der Waals surface area contributed by atoms with Crippen LogP contribution in [-0.4, -0.2) is 64.3 Å². The number of likely N-dealkylation sites (tertiary alicyclic amines) is 1. The maximum atomic E-state index is 13.5. The first kappa shape index (κ1) is 23.0. The minimum Gasteiger partial charge on any atom is -0.342 e. The van der Waals surface area contributed by atoms with Crippen molar-refractivity contribution >= 4 is 21.6 Å². The van der Waals surface area contributed by atoms with E-state index in [-0.39, 0.29) is 24.3 Å². The molecule has 1 aromatic carbocycles. The van der Waals surface area contributed by atoms with Gasteiger partial charge in [-0.05, 0) is 74.9 Å². The second kappa shape index (κ2) is 9.11. The van der Waals surface area contributed by atoms with Gasteiger partial charge in [0.1, 0.15) is 5.82 Å². The van der Waals surface area contributed by atoms with Crippen molar-refractivity contribution in [1.82, 2.24) is 23.8 Å². The summed E-state index contributed by atoms with van der Waals surface area (Å²) in [6, 6.07) is 11.1. The predicted molar refractivity (Wildman–Crippen MR) is 129 cm³/mol. The first-order valence-electron chi connectivity index (χ1n) is 12.0. The van der Waals surface area contributed by atoms with Gasteiger partial charge in [0.05, 0.1) is 10.8 Å². The van der Waals surface area contributed by atoms with Crippen molar-refractivity contribution in [3.63, 3.8) is 0 Å². The Morgan fingerprint density at radius 1 is 0.971 bits per heavy atom. The molecular weight excluding hydrogens is 450 g/mol. The molecule has 2 aromatic heterocycles. The van der Waals surface area contributed by atoms with Crippen LogP contribution in [0.4, 0.5) is 0 Å². The van der Waals surface area contributed by atoms with Gasteiger partial charge in [-0.25, -0.2) is 8.42 Å². The van der Waals surface area contributed by atoms with Gasteiger partial charge < -0.3 is 4.90 Å². The zero-order valence-electron chi connectivity index (χ0n) is 19.7. The molecule has 1 amide bonds. The van der Waals surface area contributed by atoms with Crippen LogP contribution in [0, 0.1) is 19.8 Å². The third-order valence-corrected chi connectivity index (χ3v) is 9.15. The highest BCUT2D eigenvalue weighted by molar-refractivity contribution is 7.89. The Morgan fingerprint density at radius 3 is 2.62 bits per heavy atom. The largest absolute Gasteiger partial charge is 0.342 e. The number of nitrogens with zero attached hydrogens (tertiary/aromatic N) is 5. The Labute approximate surface area is 200 Å². The van der Waals surface area contributed by atoms with Gasteiger partial charge in [0.25, 0.3) is 0 Å². The topological polar surface area (TPSA) is 87.9 Å².